The van der Waals surface area contributed by atoms with Gasteiger partial charge in [-0.1, -0.05) is 0 Å². The lowest BCUT2D eigenvalue weighted by Crippen LogP contribution is -2.12. The van der Waals surface area contributed by atoms with Gasteiger partial charge >= 0.3 is 6.18 Å². The highest BCUT2D eigenvalue weighted by Crippen LogP contribution is 2.34. The molecule has 0 aromatic carbocycles. The van der Waals surface area contributed by atoms with E-state index in [4.69, 9.17) is 0 Å². The van der Waals surface area contributed by atoms with Gasteiger partial charge in [-0.3, -0.25) is 4.68 Å². The first-order valence-corrected chi connectivity index (χ1v) is 3.82. The molecule has 0 fully saturated rings. The molecule has 0 unspecified atom stereocenters. The van der Waals surface area contributed by atoms with E-state index in [2.05, 4.69) is 9.84 Å². The number of ether oxygens (including phenoxy) is 1. The standard InChI is InChI=1S/C7H7F5N2O/c1-14-2-4(15-3-5(8)9)6(13-14)7(10,11)12/h2,5H,3H2,1H3. The first-order valence-electron chi connectivity index (χ1n) is 3.82. The van der Waals surface area contributed by atoms with Crippen LogP contribution in [0.15, 0.2) is 6.20 Å². The number of rotatable bonds is 3. The second kappa shape index (κ2) is 4.03. The Balaban J connectivity index is 2.87. The Morgan fingerprint density at radius 1 is 1.47 bits per heavy atom. The second-order valence-electron chi connectivity index (χ2n) is 2.72. The fourth-order valence-corrected chi connectivity index (χ4v) is 0.922. The summed E-state index contributed by atoms with van der Waals surface area (Å²) in [7, 11) is 1.24. The highest BCUT2D eigenvalue weighted by Gasteiger charge is 2.38. The molecule has 8 heteroatoms. The fraction of sp³-hybridized carbons (Fsp3) is 0.571. The summed E-state index contributed by atoms with van der Waals surface area (Å²) in [6.07, 6.45) is -6.64. The van der Waals surface area contributed by atoms with Crippen molar-refractivity contribution in [2.75, 3.05) is 6.61 Å². The number of hydrogen-bond donors (Lipinski definition) is 0. The Bertz CT molecular complexity index is 333. The average Bonchev–Trinajstić information content (AvgIpc) is 2.42. The van der Waals surface area contributed by atoms with E-state index in [1.807, 2.05) is 0 Å². The van der Waals surface area contributed by atoms with Gasteiger partial charge in [0.25, 0.3) is 6.43 Å². The van der Waals surface area contributed by atoms with Crippen molar-refractivity contribution in [3.63, 3.8) is 0 Å². The van der Waals surface area contributed by atoms with Crippen molar-refractivity contribution in [3.8, 4) is 5.75 Å². The van der Waals surface area contributed by atoms with Gasteiger partial charge in [0.1, 0.15) is 6.61 Å². The molecule has 86 valence electrons. The van der Waals surface area contributed by atoms with Gasteiger partial charge in [0.05, 0.1) is 6.20 Å². The van der Waals surface area contributed by atoms with Crippen LogP contribution < -0.4 is 4.74 Å². The zero-order valence-corrected chi connectivity index (χ0v) is 7.55. The van der Waals surface area contributed by atoms with Crippen LogP contribution in [0.4, 0.5) is 22.0 Å². The monoisotopic (exact) mass is 230 g/mol. The molecule has 3 nitrogen and oxygen atoms in total. The second-order valence-corrected chi connectivity index (χ2v) is 2.72. The summed E-state index contributed by atoms with van der Waals surface area (Å²) in [6, 6.07) is 0. The molecule has 0 aliphatic rings. The molecule has 0 saturated carbocycles. The SMILES string of the molecule is Cn1cc(OCC(F)F)c(C(F)(F)F)n1. The van der Waals surface area contributed by atoms with E-state index in [0.29, 0.717) is 0 Å². The molecular formula is C7H7F5N2O. The fourth-order valence-electron chi connectivity index (χ4n) is 0.922. The molecule has 0 aliphatic carbocycles. The number of nitrogens with zero attached hydrogens (tertiary/aromatic N) is 2. The molecule has 1 aromatic rings. The van der Waals surface area contributed by atoms with Crippen LogP contribution in [0.1, 0.15) is 5.69 Å². The van der Waals surface area contributed by atoms with E-state index in [1.165, 1.54) is 7.05 Å². The topological polar surface area (TPSA) is 27.1 Å². The van der Waals surface area contributed by atoms with Gasteiger partial charge in [-0.2, -0.15) is 18.3 Å². The first kappa shape index (κ1) is 11.7. The van der Waals surface area contributed by atoms with Crippen LogP contribution in [0.2, 0.25) is 0 Å². The smallest absolute Gasteiger partial charge is 0.438 e. The number of alkyl halides is 5. The number of hydrogen-bond acceptors (Lipinski definition) is 2. The Morgan fingerprint density at radius 2 is 2.07 bits per heavy atom. The molecule has 0 saturated heterocycles. The summed E-state index contributed by atoms with van der Waals surface area (Å²) in [6.45, 7) is -1.09. The molecule has 0 radical (unpaired) electrons. The molecule has 0 aliphatic heterocycles. The van der Waals surface area contributed by atoms with Crippen molar-refractivity contribution in [1.82, 2.24) is 9.78 Å². The Morgan fingerprint density at radius 3 is 2.53 bits per heavy atom. The third kappa shape index (κ3) is 3.07. The third-order valence-electron chi connectivity index (χ3n) is 1.43. The molecule has 0 atom stereocenters. The average molecular weight is 230 g/mol. The highest BCUT2D eigenvalue weighted by molar-refractivity contribution is 5.27. The van der Waals surface area contributed by atoms with E-state index in [1.54, 1.807) is 0 Å². The van der Waals surface area contributed by atoms with E-state index >= 15 is 0 Å². The summed E-state index contributed by atoms with van der Waals surface area (Å²) in [5, 5.41) is 3.08. The van der Waals surface area contributed by atoms with E-state index in [9.17, 15) is 22.0 Å². The quantitative estimate of drug-likeness (QED) is 0.743. The predicted molar refractivity (Wildman–Crippen MR) is 39.7 cm³/mol. The minimum Gasteiger partial charge on any atom is -0.484 e. The van der Waals surface area contributed by atoms with Crippen LogP contribution in [0.3, 0.4) is 0 Å². The minimum atomic E-state index is -4.71. The van der Waals surface area contributed by atoms with Crippen LogP contribution >= 0.6 is 0 Å². The van der Waals surface area contributed by atoms with Crippen LogP contribution in [0.5, 0.6) is 5.75 Å². The van der Waals surface area contributed by atoms with E-state index < -0.39 is 30.7 Å². The Labute approximate surface area is 81.4 Å². The van der Waals surface area contributed by atoms with Crippen LogP contribution in [-0.2, 0) is 13.2 Å². The predicted octanol–water partition coefficient (Wildman–Crippen LogP) is 2.08. The van der Waals surface area contributed by atoms with Crippen molar-refractivity contribution in [2.45, 2.75) is 12.6 Å². The zero-order chi connectivity index (χ0) is 11.6. The maximum atomic E-state index is 12.2. The number of aromatic nitrogens is 2. The highest BCUT2D eigenvalue weighted by atomic mass is 19.4. The molecule has 1 heterocycles. The zero-order valence-electron chi connectivity index (χ0n) is 7.55. The van der Waals surface area contributed by atoms with Crippen molar-refractivity contribution in [1.29, 1.82) is 0 Å². The van der Waals surface area contributed by atoms with Gasteiger partial charge in [-0.25, -0.2) is 8.78 Å². The van der Waals surface area contributed by atoms with E-state index in [-0.39, 0.29) is 0 Å². The Kier molecular flexibility index (Phi) is 3.15. The molecule has 1 aromatic heterocycles. The third-order valence-corrected chi connectivity index (χ3v) is 1.43. The first-order chi connectivity index (χ1) is 6.80. The Hall–Kier alpha value is -1.34. The largest absolute Gasteiger partial charge is 0.484 e. The molecular weight excluding hydrogens is 223 g/mol. The van der Waals surface area contributed by atoms with Gasteiger partial charge in [-0.05, 0) is 0 Å². The van der Waals surface area contributed by atoms with Crippen molar-refractivity contribution in [3.05, 3.63) is 11.9 Å². The van der Waals surface area contributed by atoms with Crippen molar-refractivity contribution in [2.24, 2.45) is 7.05 Å². The van der Waals surface area contributed by atoms with Gasteiger partial charge in [-0.15, -0.1) is 0 Å². The lowest BCUT2D eigenvalue weighted by Gasteiger charge is -2.07. The van der Waals surface area contributed by atoms with E-state index in [0.717, 1.165) is 10.9 Å². The molecule has 1 rings (SSSR count). The van der Waals surface area contributed by atoms with Crippen LogP contribution in [-0.4, -0.2) is 22.8 Å². The number of halogens is 5. The summed E-state index contributed by atoms with van der Waals surface area (Å²) in [4.78, 5) is 0. The summed E-state index contributed by atoms with van der Waals surface area (Å²) < 4.78 is 65.3. The van der Waals surface area contributed by atoms with Gasteiger partial charge in [0.2, 0.25) is 5.69 Å². The summed E-state index contributed by atoms with van der Waals surface area (Å²) in [5.41, 5.74) is -1.30. The maximum absolute atomic E-state index is 12.2. The molecule has 0 spiro atoms. The maximum Gasteiger partial charge on any atom is 0.438 e. The van der Waals surface area contributed by atoms with Crippen molar-refractivity contribution >= 4 is 0 Å². The van der Waals surface area contributed by atoms with Crippen LogP contribution in [0.25, 0.3) is 0 Å². The molecule has 0 N–H and O–H groups in total. The molecule has 0 amide bonds. The minimum absolute atomic E-state index is 0.690. The van der Waals surface area contributed by atoms with Gasteiger partial charge in [0.15, 0.2) is 5.75 Å². The molecule has 0 bridgehead atoms. The van der Waals surface area contributed by atoms with Crippen molar-refractivity contribution < 1.29 is 26.7 Å². The van der Waals surface area contributed by atoms with Crippen LogP contribution in [0, 0.1) is 0 Å². The summed E-state index contributed by atoms with van der Waals surface area (Å²) in [5.74, 6) is -0.690. The lowest BCUT2D eigenvalue weighted by molar-refractivity contribution is -0.143. The molecule has 15 heavy (non-hydrogen) atoms. The van der Waals surface area contributed by atoms with Gasteiger partial charge in [0, 0.05) is 7.05 Å². The summed E-state index contributed by atoms with van der Waals surface area (Å²) >= 11 is 0. The van der Waals surface area contributed by atoms with Gasteiger partial charge < -0.3 is 4.74 Å². The lowest BCUT2D eigenvalue weighted by atomic mass is 10.4. The normalized spacial score (nSPS) is 12.2. The number of aryl methyl sites for hydroxylation is 1.